The molecule has 0 aliphatic carbocycles. The molecule has 1 aliphatic heterocycles. The normalized spacial score (nSPS) is 15.2. The molecule has 0 spiro atoms. The van der Waals surface area contributed by atoms with Crippen molar-refractivity contribution in [2.75, 3.05) is 23.3 Å². The van der Waals surface area contributed by atoms with Crippen molar-refractivity contribution < 1.29 is 0 Å². The van der Waals surface area contributed by atoms with E-state index in [0.717, 1.165) is 37.6 Å². The fraction of sp³-hybridized carbons (Fsp3) is 0.500. The largest absolute Gasteiger partial charge is 0.379 e. The van der Waals surface area contributed by atoms with Crippen molar-refractivity contribution >= 4 is 22.8 Å². The highest BCUT2D eigenvalue weighted by atomic mass is 32.1. The van der Waals surface area contributed by atoms with Crippen molar-refractivity contribution in [2.45, 2.75) is 39.2 Å². The van der Waals surface area contributed by atoms with E-state index in [1.165, 1.54) is 29.1 Å². The summed E-state index contributed by atoms with van der Waals surface area (Å²) in [7, 11) is 0. The topological polar surface area (TPSA) is 41.1 Å². The van der Waals surface area contributed by atoms with Crippen molar-refractivity contribution in [2.24, 2.45) is 0 Å². The van der Waals surface area contributed by atoms with Crippen molar-refractivity contribution in [1.82, 2.24) is 9.97 Å². The predicted octanol–water partition coefficient (Wildman–Crippen LogP) is 3.70. The molecule has 0 radical (unpaired) electrons. The molecule has 21 heavy (non-hydrogen) atoms. The van der Waals surface area contributed by atoms with Gasteiger partial charge in [-0.2, -0.15) is 0 Å². The van der Waals surface area contributed by atoms with Gasteiger partial charge in [0, 0.05) is 24.2 Å². The van der Waals surface area contributed by atoms with Gasteiger partial charge in [-0.1, -0.05) is 6.92 Å². The molecule has 0 amide bonds. The van der Waals surface area contributed by atoms with Gasteiger partial charge in [0.15, 0.2) is 0 Å². The van der Waals surface area contributed by atoms with Gasteiger partial charge in [0.25, 0.3) is 0 Å². The molecular weight excluding hydrogens is 280 g/mol. The van der Waals surface area contributed by atoms with Gasteiger partial charge in [0.1, 0.15) is 5.82 Å². The maximum atomic E-state index is 4.59. The van der Waals surface area contributed by atoms with Crippen molar-refractivity contribution in [1.29, 1.82) is 0 Å². The van der Waals surface area contributed by atoms with Crippen LogP contribution in [-0.2, 0) is 13.0 Å². The molecule has 1 N–H and O–H groups in total. The molecule has 0 unspecified atom stereocenters. The molecule has 1 aliphatic rings. The van der Waals surface area contributed by atoms with Crippen LogP contribution in [0.5, 0.6) is 0 Å². The molecule has 3 rings (SSSR count). The molecule has 5 heteroatoms. The first-order valence-corrected chi connectivity index (χ1v) is 8.55. The maximum Gasteiger partial charge on any atom is 0.128 e. The van der Waals surface area contributed by atoms with Crippen LogP contribution in [0.2, 0.25) is 0 Å². The summed E-state index contributed by atoms with van der Waals surface area (Å²) in [4.78, 5) is 12.6. The number of anilines is 2. The number of rotatable bonds is 5. The van der Waals surface area contributed by atoms with Crippen LogP contribution >= 0.6 is 11.3 Å². The van der Waals surface area contributed by atoms with Gasteiger partial charge < -0.3 is 10.2 Å². The number of thiazole rings is 1. The highest BCUT2D eigenvalue weighted by molar-refractivity contribution is 7.11. The minimum atomic E-state index is 0.822. The molecule has 3 heterocycles. The van der Waals surface area contributed by atoms with Crippen molar-refractivity contribution in [3.63, 3.8) is 0 Å². The molecule has 0 atom stereocenters. The number of aryl methyl sites for hydroxylation is 1. The van der Waals surface area contributed by atoms with Crippen LogP contribution in [0.3, 0.4) is 0 Å². The third-order valence-electron chi connectivity index (χ3n) is 3.80. The lowest BCUT2D eigenvalue weighted by molar-refractivity contribution is 0.573. The highest BCUT2D eigenvalue weighted by Crippen LogP contribution is 2.20. The second kappa shape index (κ2) is 6.89. The Morgan fingerprint density at radius 1 is 1.14 bits per heavy atom. The Morgan fingerprint density at radius 2 is 2.00 bits per heavy atom. The summed E-state index contributed by atoms with van der Waals surface area (Å²) in [6.45, 7) is 5.24. The summed E-state index contributed by atoms with van der Waals surface area (Å²) in [5.74, 6) is 1.10. The van der Waals surface area contributed by atoms with E-state index < -0.39 is 0 Å². The summed E-state index contributed by atoms with van der Waals surface area (Å²) >= 11 is 1.78. The van der Waals surface area contributed by atoms with Gasteiger partial charge in [-0.3, -0.25) is 0 Å². The fourth-order valence-corrected chi connectivity index (χ4v) is 3.39. The maximum absolute atomic E-state index is 4.59. The summed E-state index contributed by atoms with van der Waals surface area (Å²) in [6, 6.07) is 4.25. The molecule has 1 saturated heterocycles. The molecule has 0 saturated carbocycles. The number of aromatic nitrogens is 2. The average Bonchev–Trinajstić information content (AvgIpc) is 3.02. The molecule has 0 aromatic carbocycles. The van der Waals surface area contributed by atoms with Crippen LogP contribution in [0.25, 0.3) is 0 Å². The zero-order valence-electron chi connectivity index (χ0n) is 12.5. The summed E-state index contributed by atoms with van der Waals surface area (Å²) in [5, 5.41) is 4.62. The Labute approximate surface area is 130 Å². The van der Waals surface area contributed by atoms with Gasteiger partial charge in [0.2, 0.25) is 0 Å². The van der Waals surface area contributed by atoms with Gasteiger partial charge >= 0.3 is 0 Å². The van der Waals surface area contributed by atoms with E-state index >= 15 is 0 Å². The second-order valence-corrected chi connectivity index (χ2v) is 6.58. The van der Waals surface area contributed by atoms with Crippen LogP contribution in [0, 0.1) is 0 Å². The zero-order valence-corrected chi connectivity index (χ0v) is 13.3. The van der Waals surface area contributed by atoms with E-state index in [9.17, 15) is 0 Å². The average molecular weight is 302 g/mol. The SMILES string of the molecule is CCc1ncc(CNc2ccc(N3CCCCC3)nc2)s1. The first-order valence-electron chi connectivity index (χ1n) is 7.73. The third-order valence-corrected chi connectivity index (χ3v) is 4.94. The number of hydrogen-bond acceptors (Lipinski definition) is 5. The van der Waals surface area contributed by atoms with E-state index in [1.807, 2.05) is 12.4 Å². The van der Waals surface area contributed by atoms with E-state index in [-0.39, 0.29) is 0 Å². The molecule has 4 nitrogen and oxygen atoms in total. The Morgan fingerprint density at radius 3 is 2.67 bits per heavy atom. The standard InChI is InChI=1S/C16H22N4S/c1-2-16-19-12-14(21-16)11-17-13-6-7-15(18-10-13)20-8-4-3-5-9-20/h6-7,10,12,17H,2-5,8-9,11H2,1H3. The lowest BCUT2D eigenvalue weighted by atomic mass is 10.1. The first-order chi connectivity index (χ1) is 10.3. The van der Waals surface area contributed by atoms with Gasteiger partial charge in [-0.05, 0) is 37.8 Å². The van der Waals surface area contributed by atoms with E-state index in [0.29, 0.717) is 0 Å². The van der Waals surface area contributed by atoms with Crippen molar-refractivity contribution in [3.05, 3.63) is 34.4 Å². The van der Waals surface area contributed by atoms with Crippen molar-refractivity contribution in [3.8, 4) is 0 Å². The molecule has 2 aromatic heterocycles. The van der Waals surface area contributed by atoms with Crippen LogP contribution in [0.15, 0.2) is 24.5 Å². The second-order valence-electron chi connectivity index (χ2n) is 5.38. The minimum Gasteiger partial charge on any atom is -0.379 e. The molecule has 0 bridgehead atoms. The Balaban J connectivity index is 1.56. The third kappa shape index (κ3) is 3.73. The minimum absolute atomic E-state index is 0.822. The smallest absolute Gasteiger partial charge is 0.128 e. The molecular formula is C16H22N4S. The molecule has 1 fully saturated rings. The number of pyridine rings is 1. The lowest BCUT2D eigenvalue weighted by Gasteiger charge is -2.27. The summed E-state index contributed by atoms with van der Waals surface area (Å²) in [5.41, 5.74) is 1.07. The number of nitrogens with one attached hydrogen (secondary N) is 1. The highest BCUT2D eigenvalue weighted by Gasteiger charge is 2.11. The van der Waals surface area contributed by atoms with E-state index in [2.05, 4.69) is 39.2 Å². The van der Waals surface area contributed by atoms with Crippen LogP contribution < -0.4 is 10.2 Å². The van der Waals surface area contributed by atoms with E-state index in [4.69, 9.17) is 0 Å². The van der Waals surface area contributed by atoms with Crippen LogP contribution in [0.4, 0.5) is 11.5 Å². The molecule has 2 aromatic rings. The lowest BCUT2D eigenvalue weighted by Crippen LogP contribution is -2.30. The Bertz CT molecular complexity index is 558. The number of hydrogen-bond donors (Lipinski definition) is 1. The number of piperidine rings is 1. The number of nitrogens with zero attached hydrogens (tertiary/aromatic N) is 3. The molecule has 112 valence electrons. The monoisotopic (exact) mass is 302 g/mol. The van der Waals surface area contributed by atoms with Gasteiger partial charge in [-0.15, -0.1) is 11.3 Å². The quantitative estimate of drug-likeness (QED) is 0.914. The van der Waals surface area contributed by atoms with Crippen LogP contribution in [-0.4, -0.2) is 23.1 Å². The van der Waals surface area contributed by atoms with Crippen LogP contribution in [0.1, 0.15) is 36.1 Å². The summed E-state index contributed by atoms with van der Waals surface area (Å²) in [6.07, 6.45) is 8.83. The summed E-state index contributed by atoms with van der Waals surface area (Å²) < 4.78 is 0. The van der Waals surface area contributed by atoms with Gasteiger partial charge in [0.05, 0.1) is 23.4 Å². The Hall–Kier alpha value is -1.62. The fourth-order valence-electron chi connectivity index (χ4n) is 2.58. The van der Waals surface area contributed by atoms with E-state index in [1.54, 1.807) is 11.3 Å². The first kappa shape index (κ1) is 14.3. The Kier molecular flexibility index (Phi) is 4.70. The zero-order chi connectivity index (χ0) is 14.5. The predicted molar refractivity (Wildman–Crippen MR) is 89.1 cm³/mol. The van der Waals surface area contributed by atoms with Gasteiger partial charge in [-0.25, -0.2) is 9.97 Å².